The van der Waals surface area contributed by atoms with E-state index in [0.717, 1.165) is 27.2 Å². The molecule has 0 unspecified atom stereocenters. The molecule has 1 heterocycles. The highest BCUT2D eigenvalue weighted by atomic mass is 79.9. The first kappa shape index (κ1) is 18.1. The summed E-state index contributed by atoms with van der Waals surface area (Å²) in [4.78, 5) is 39.4. The van der Waals surface area contributed by atoms with Crippen LogP contribution in [-0.4, -0.2) is 33.8 Å². The van der Waals surface area contributed by atoms with Gasteiger partial charge in [0.25, 0.3) is 0 Å². The van der Waals surface area contributed by atoms with E-state index in [2.05, 4.69) is 31.9 Å². The van der Waals surface area contributed by atoms with Crippen molar-refractivity contribution in [1.82, 2.24) is 4.90 Å². The SMILES string of the molecule is C[C@H](C(=O)O)N1C(=O)[C@@H]2[C@@H](C1=O)C1(Br)c3ccccc3C2(Br)c2ccccc21. The first-order valence-corrected chi connectivity index (χ1v) is 10.5. The molecule has 0 spiro atoms. The third-order valence-electron chi connectivity index (χ3n) is 6.36. The third kappa shape index (κ3) is 1.80. The number of benzene rings is 2. The molecule has 5 nitrogen and oxygen atoms in total. The summed E-state index contributed by atoms with van der Waals surface area (Å²) in [7, 11) is 0. The molecule has 1 fully saturated rings. The largest absolute Gasteiger partial charge is 0.480 e. The highest BCUT2D eigenvalue weighted by Gasteiger charge is 2.73. The molecule has 6 rings (SSSR count). The number of amides is 2. The molecule has 28 heavy (non-hydrogen) atoms. The number of hydrogen-bond acceptors (Lipinski definition) is 3. The maximum atomic E-state index is 13.4. The van der Waals surface area contributed by atoms with E-state index >= 15 is 0 Å². The minimum atomic E-state index is -1.22. The summed E-state index contributed by atoms with van der Waals surface area (Å²) < 4.78 is -1.78. The first-order valence-electron chi connectivity index (χ1n) is 8.93. The molecule has 1 aliphatic heterocycles. The van der Waals surface area contributed by atoms with Gasteiger partial charge in [-0.2, -0.15) is 0 Å². The summed E-state index contributed by atoms with van der Waals surface area (Å²) in [6.45, 7) is 1.37. The van der Waals surface area contributed by atoms with Crippen LogP contribution < -0.4 is 0 Å². The third-order valence-corrected chi connectivity index (χ3v) is 9.06. The van der Waals surface area contributed by atoms with Gasteiger partial charge in [-0.3, -0.25) is 14.5 Å². The van der Waals surface area contributed by atoms with Crippen LogP contribution in [0.2, 0.25) is 0 Å². The Balaban J connectivity index is 1.86. The Hall–Kier alpha value is -1.99. The van der Waals surface area contributed by atoms with E-state index in [9.17, 15) is 19.5 Å². The lowest BCUT2D eigenvalue weighted by Crippen LogP contribution is -2.56. The molecule has 1 N–H and O–H groups in total. The fraction of sp³-hybridized carbons (Fsp3) is 0.286. The van der Waals surface area contributed by atoms with Crippen molar-refractivity contribution >= 4 is 49.6 Å². The fourth-order valence-corrected chi connectivity index (χ4v) is 7.48. The molecule has 142 valence electrons. The predicted molar refractivity (Wildman–Crippen MR) is 108 cm³/mol. The Labute approximate surface area is 178 Å². The zero-order valence-corrected chi connectivity index (χ0v) is 17.9. The van der Waals surface area contributed by atoms with Gasteiger partial charge in [-0.25, -0.2) is 4.79 Å². The summed E-state index contributed by atoms with van der Waals surface area (Å²) in [6.07, 6.45) is 0. The average Bonchev–Trinajstić information content (AvgIpc) is 2.97. The number of likely N-dealkylation sites (tertiary alicyclic amines) is 1. The number of alkyl halides is 2. The average molecular weight is 505 g/mol. The number of imide groups is 1. The Bertz CT molecular complexity index is 960. The van der Waals surface area contributed by atoms with Crippen LogP contribution in [0.4, 0.5) is 0 Å². The van der Waals surface area contributed by atoms with Crippen molar-refractivity contribution in [1.29, 1.82) is 0 Å². The summed E-state index contributed by atoms with van der Waals surface area (Å²) in [5.41, 5.74) is 3.71. The molecular weight excluding hydrogens is 490 g/mol. The molecule has 2 bridgehead atoms. The zero-order chi connectivity index (χ0) is 20.0. The molecule has 3 atom stereocenters. The van der Waals surface area contributed by atoms with Crippen LogP contribution >= 0.6 is 31.9 Å². The summed E-state index contributed by atoms with van der Waals surface area (Å²) in [5.74, 6) is -3.56. The van der Waals surface area contributed by atoms with E-state index in [1.54, 1.807) is 0 Å². The normalized spacial score (nSPS) is 33.3. The van der Waals surface area contributed by atoms with Gasteiger partial charge < -0.3 is 5.11 Å². The molecule has 7 heteroatoms. The van der Waals surface area contributed by atoms with Crippen LogP contribution in [0.3, 0.4) is 0 Å². The van der Waals surface area contributed by atoms with Gasteiger partial charge in [0.05, 0.1) is 20.5 Å². The van der Waals surface area contributed by atoms with Crippen LogP contribution in [0.25, 0.3) is 0 Å². The second-order valence-electron chi connectivity index (χ2n) is 7.53. The summed E-state index contributed by atoms with van der Waals surface area (Å²) >= 11 is 7.75. The van der Waals surface area contributed by atoms with Gasteiger partial charge in [-0.1, -0.05) is 80.4 Å². The number of aliphatic carboxylic acids is 1. The number of carboxylic acids is 1. The van der Waals surface area contributed by atoms with Crippen molar-refractivity contribution in [2.24, 2.45) is 11.8 Å². The number of carboxylic acid groups (broad SMARTS) is 1. The quantitative estimate of drug-likeness (QED) is 0.502. The van der Waals surface area contributed by atoms with Gasteiger partial charge in [-0.15, -0.1) is 0 Å². The van der Waals surface area contributed by atoms with Crippen LogP contribution in [0.1, 0.15) is 29.2 Å². The molecule has 1 saturated heterocycles. The lowest BCUT2D eigenvalue weighted by Gasteiger charge is -2.55. The van der Waals surface area contributed by atoms with Crippen molar-refractivity contribution < 1.29 is 19.5 Å². The smallest absolute Gasteiger partial charge is 0.326 e. The fourth-order valence-electron chi connectivity index (χ4n) is 5.18. The molecule has 4 aliphatic rings. The van der Waals surface area contributed by atoms with Gasteiger partial charge in [0.2, 0.25) is 11.8 Å². The summed E-state index contributed by atoms with van der Waals surface area (Å²) in [6, 6.07) is 14.3. The number of hydrogen-bond donors (Lipinski definition) is 1. The zero-order valence-electron chi connectivity index (χ0n) is 14.7. The monoisotopic (exact) mass is 503 g/mol. The van der Waals surface area contributed by atoms with Crippen LogP contribution in [0.5, 0.6) is 0 Å². The number of rotatable bonds is 2. The Morgan fingerprint density at radius 1 is 0.893 bits per heavy atom. The Kier molecular flexibility index (Phi) is 3.57. The highest BCUT2D eigenvalue weighted by molar-refractivity contribution is 9.10. The predicted octanol–water partition coefficient (Wildman–Crippen LogP) is 3.36. The van der Waals surface area contributed by atoms with Gasteiger partial charge in [0.1, 0.15) is 6.04 Å². The van der Waals surface area contributed by atoms with Crippen molar-refractivity contribution in [2.45, 2.75) is 21.6 Å². The van der Waals surface area contributed by atoms with E-state index in [1.807, 2.05) is 48.5 Å². The van der Waals surface area contributed by atoms with Crippen molar-refractivity contribution in [3.63, 3.8) is 0 Å². The van der Waals surface area contributed by atoms with E-state index < -0.39 is 44.3 Å². The molecule has 2 aromatic rings. The molecular formula is C21H15Br2NO4. The summed E-state index contributed by atoms with van der Waals surface area (Å²) in [5, 5.41) is 9.46. The van der Waals surface area contributed by atoms with Crippen LogP contribution in [0.15, 0.2) is 48.5 Å². The van der Waals surface area contributed by atoms with Crippen LogP contribution in [-0.2, 0) is 23.0 Å². The number of halogens is 2. The molecule has 3 aliphatic carbocycles. The van der Waals surface area contributed by atoms with Gasteiger partial charge in [0.15, 0.2) is 0 Å². The minimum Gasteiger partial charge on any atom is -0.480 e. The van der Waals surface area contributed by atoms with Gasteiger partial charge in [0, 0.05) is 0 Å². The number of nitrogens with zero attached hydrogens (tertiary/aromatic N) is 1. The first-order chi connectivity index (χ1) is 13.3. The lowest BCUT2D eigenvalue weighted by molar-refractivity contribution is -0.154. The van der Waals surface area contributed by atoms with E-state index in [1.165, 1.54) is 6.92 Å². The van der Waals surface area contributed by atoms with E-state index in [-0.39, 0.29) is 0 Å². The topological polar surface area (TPSA) is 74.7 Å². The number of carbonyl (C=O) groups is 3. The Morgan fingerprint density at radius 3 is 1.50 bits per heavy atom. The number of carbonyl (C=O) groups excluding carboxylic acids is 2. The van der Waals surface area contributed by atoms with Crippen LogP contribution in [0, 0.1) is 11.8 Å². The molecule has 0 aromatic heterocycles. The van der Waals surface area contributed by atoms with Crippen molar-refractivity contribution in [3.05, 3.63) is 70.8 Å². The van der Waals surface area contributed by atoms with E-state index in [0.29, 0.717) is 0 Å². The maximum absolute atomic E-state index is 13.4. The Morgan fingerprint density at radius 2 is 1.21 bits per heavy atom. The second kappa shape index (κ2) is 5.54. The minimum absolute atomic E-state index is 0.449. The lowest BCUT2D eigenvalue weighted by atomic mass is 9.54. The van der Waals surface area contributed by atoms with Gasteiger partial charge >= 0.3 is 5.97 Å². The standard InChI is InChI=1S/C21H15Br2NO4/c1-10(19(27)28)24-17(25)15-16(18(24)26)21(23)12-7-3-2-6-11(12)20(15,22)13-8-4-5-9-14(13)21/h2-10,15-16H,1H3,(H,27,28)/t10-,15+,16+,20?,21?/m1/s1. The van der Waals surface area contributed by atoms with Crippen molar-refractivity contribution in [3.8, 4) is 0 Å². The van der Waals surface area contributed by atoms with Crippen molar-refractivity contribution in [2.75, 3.05) is 0 Å². The highest BCUT2D eigenvalue weighted by Crippen LogP contribution is 2.70. The van der Waals surface area contributed by atoms with E-state index in [4.69, 9.17) is 0 Å². The molecule has 2 amide bonds. The second-order valence-corrected chi connectivity index (χ2v) is 10.0. The van der Waals surface area contributed by atoms with Gasteiger partial charge in [-0.05, 0) is 29.2 Å². The molecule has 0 radical (unpaired) electrons. The molecule has 2 aromatic carbocycles. The molecule has 0 saturated carbocycles. The maximum Gasteiger partial charge on any atom is 0.326 e.